The number of halogens is 1. The van der Waals surface area contributed by atoms with Crippen LogP contribution in [0.4, 0.5) is 0 Å². The van der Waals surface area contributed by atoms with E-state index in [0.717, 1.165) is 28.3 Å². The van der Waals surface area contributed by atoms with E-state index in [4.69, 9.17) is 30.5 Å². The number of hydrogen-bond donors (Lipinski definition) is 0. The molecule has 3 rings (SSSR count). The van der Waals surface area contributed by atoms with Crippen LogP contribution < -0.4 is 4.74 Å². The summed E-state index contributed by atoms with van der Waals surface area (Å²) in [6.07, 6.45) is 0.137. The molecular weight excluding hydrogens is 423 g/mol. The Balaban J connectivity index is 1.98. The maximum atomic E-state index is 13.1. The lowest BCUT2D eigenvalue weighted by molar-refractivity contribution is 0.218. The lowest BCUT2D eigenvalue weighted by Gasteiger charge is -2.17. The lowest BCUT2D eigenvalue weighted by Crippen LogP contribution is -2.08. The minimum atomic E-state index is -3.28. The molecule has 0 aliphatic rings. The average Bonchev–Trinajstić information content (AvgIpc) is 3.11. The maximum Gasteiger partial charge on any atom is 0.336 e. The summed E-state index contributed by atoms with van der Waals surface area (Å²) in [6.45, 7) is 4.74. The number of rotatable bonds is 10. The molecule has 0 saturated carbocycles. The minimum absolute atomic E-state index is 0.137. The summed E-state index contributed by atoms with van der Waals surface area (Å²) in [4.78, 5) is 0. The van der Waals surface area contributed by atoms with Crippen molar-refractivity contribution in [3.8, 4) is 17.0 Å². The van der Waals surface area contributed by atoms with Crippen LogP contribution in [0.15, 0.2) is 54.6 Å². The molecular formula is C22H26ClN2O4P. The van der Waals surface area contributed by atoms with Crippen molar-refractivity contribution < 1.29 is 18.3 Å². The van der Waals surface area contributed by atoms with Gasteiger partial charge in [0, 0.05) is 10.6 Å². The summed E-state index contributed by atoms with van der Waals surface area (Å²) in [5.74, 6) is 0.788. The van der Waals surface area contributed by atoms with Crippen LogP contribution in [0.5, 0.6) is 5.75 Å². The summed E-state index contributed by atoms with van der Waals surface area (Å²) in [5.41, 5.74) is 3.45. The van der Waals surface area contributed by atoms with Crippen molar-refractivity contribution in [1.29, 1.82) is 0 Å². The van der Waals surface area contributed by atoms with Crippen LogP contribution in [0.3, 0.4) is 0 Å². The molecule has 160 valence electrons. The maximum absolute atomic E-state index is 13.1. The van der Waals surface area contributed by atoms with Gasteiger partial charge in [-0.05, 0) is 49.7 Å². The quantitative estimate of drug-likeness (QED) is 0.354. The van der Waals surface area contributed by atoms with Gasteiger partial charge in [0.15, 0.2) is 0 Å². The first-order valence-electron chi connectivity index (χ1n) is 9.80. The Kier molecular flexibility index (Phi) is 7.73. The second-order valence-corrected chi connectivity index (χ2v) is 9.13. The third-order valence-corrected chi connectivity index (χ3v) is 6.73. The minimum Gasteiger partial charge on any atom is -0.497 e. The smallest absolute Gasteiger partial charge is 0.336 e. The van der Waals surface area contributed by atoms with Crippen molar-refractivity contribution in [2.45, 2.75) is 26.6 Å². The lowest BCUT2D eigenvalue weighted by atomic mass is 10.1. The number of benzene rings is 2. The molecule has 30 heavy (non-hydrogen) atoms. The molecule has 2 aromatic carbocycles. The molecule has 0 N–H and O–H groups in total. The SMILES string of the molecule is CCOP(=O)(Cc1cc(-c2cccc(Cl)c2)nn1Cc1ccc(OC)cc1)OCC. The largest absolute Gasteiger partial charge is 0.497 e. The van der Waals surface area contributed by atoms with Gasteiger partial charge in [0.2, 0.25) is 0 Å². The Morgan fingerprint density at radius 3 is 2.33 bits per heavy atom. The van der Waals surface area contributed by atoms with Gasteiger partial charge in [0.1, 0.15) is 5.75 Å². The van der Waals surface area contributed by atoms with E-state index in [2.05, 4.69) is 0 Å². The van der Waals surface area contributed by atoms with Crippen molar-refractivity contribution in [3.63, 3.8) is 0 Å². The van der Waals surface area contributed by atoms with Crippen LogP contribution in [-0.4, -0.2) is 30.1 Å². The predicted molar refractivity (Wildman–Crippen MR) is 119 cm³/mol. The molecule has 0 amide bonds. The first-order valence-corrected chi connectivity index (χ1v) is 11.9. The highest BCUT2D eigenvalue weighted by atomic mass is 35.5. The first-order chi connectivity index (χ1) is 14.5. The van der Waals surface area contributed by atoms with Gasteiger partial charge in [-0.1, -0.05) is 35.9 Å². The highest BCUT2D eigenvalue weighted by Crippen LogP contribution is 2.51. The normalized spacial score (nSPS) is 11.6. The summed E-state index contributed by atoms with van der Waals surface area (Å²) >= 11 is 6.16. The monoisotopic (exact) mass is 448 g/mol. The molecule has 0 unspecified atom stereocenters. The molecule has 0 bridgehead atoms. The second kappa shape index (κ2) is 10.3. The Labute approximate surface area is 182 Å². The van der Waals surface area contributed by atoms with Crippen molar-refractivity contribution in [3.05, 3.63) is 70.9 Å². The number of methoxy groups -OCH3 is 1. The van der Waals surface area contributed by atoms with Crippen molar-refractivity contribution in [1.82, 2.24) is 9.78 Å². The first kappa shape index (κ1) is 22.6. The van der Waals surface area contributed by atoms with Crippen LogP contribution in [0.25, 0.3) is 11.3 Å². The van der Waals surface area contributed by atoms with E-state index in [1.807, 2.05) is 59.3 Å². The van der Waals surface area contributed by atoms with E-state index < -0.39 is 7.60 Å². The van der Waals surface area contributed by atoms with Gasteiger partial charge in [-0.3, -0.25) is 9.25 Å². The van der Waals surface area contributed by atoms with Gasteiger partial charge in [-0.25, -0.2) is 0 Å². The van der Waals surface area contributed by atoms with Crippen molar-refractivity contribution >= 4 is 19.2 Å². The zero-order valence-electron chi connectivity index (χ0n) is 17.4. The van der Waals surface area contributed by atoms with E-state index in [1.165, 1.54) is 0 Å². The zero-order chi connectivity index (χ0) is 21.6. The van der Waals surface area contributed by atoms with Crippen LogP contribution in [0.1, 0.15) is 25.1 Å². The molecule has 8 heteroatoms. The third kappa shape index (κ3) is 5.73. The molecule has 1 heterocycles. The van der Waals surface area contributed by atoms with E-state index in [0.29, 0.717) is 24.8 Å². The molecule has 0 saturated heterocycles. The molecule has 0 aliphatic carbocycles. The van der Waals surface area contributed by atoms with Gasteiger partial charge in [0.25, 0.3) is 0 Å². The average molecular weight is 449 g/mol. The van der Waals surface area contributed by atoms with E-state index in [-0.39, 0.29) is 6.16 Å². The van der Waals surface area contributed by atoms with Crippen LogP contribution in [0, 0.1) is 0 Å². The fraction of sp³-hybridized carbons (Fsp3) is 0.318. The summed E-state index contributed by atoms with van der Waals surface area (Å²) in [7, 11) is -1.64. The van der Waals surface area contributed by atoms with Gasteiger partial charge >= 0.3 is 7.60 Å². The summed E-state index contributed by atoms with van der Waals surface area (Å²) < 4.78 is 31.2. The number of ether oxygens (including phenoxy) is 1. The standard InChI is InChI=1S/C22H26ClN2O4P/c1-4-28-30(26,29-5-2)16-20-14-22(18-7-6-8-19(23)13-18)24-25(20)15-17-9-11-21(27-3)12-10-17/h6-14H,4-5,15-16H2,1-3H3. The van der Waals surface area contributed by atoms with Crippen LogP contribution in [0.2, 0.25) is 5.02 Å². The Hall–Kier alpha value is -2.11. The van der Waals surface area contributed by atoms with Gasteiger partial charge < -0.3 is 13.8 Å². The molecule has 1 aromatic heterocycles. The van der Waals surface area contributed by atoms with Crippen molar-refractivity contribution in [2.75, 3.05) is 20.3 Å². The van der Waals surface area contributed by atoms with Gasteiger partial charge in [-0.15, -0.1) is 0 Å². The predicted octanol–water partition coefficient (Wildman–Crippen LogP) is 6.03. The second-order valence-electron chi connectivity index (χ2n) is 6.64. The summed E-state index contributed by atoms with van der Waals surface area (Å²) in [6, 6.07) is 17.2. The van der Waals surface area contributed by atoms with Gasteiger partial charge in [-0.2, -0.15) is 5.10 Å². The third-order valence-electron chi connectivity index (χ3n) is 4.48. The van der Waals surface area contributed by atoms with Gasteiger partial charge in [0.05, 0.1) is 44.4 Å². The molecule has 6 nitrogen and oxygen atoms in total. The number of aromatic nitrogens is 2. The van der Waals surface area contributed by atoms with Crippen LogP contribution in [-0.2, 0) is 26.3 Å². The number of hydrogen-bond acceptors (Lipinski definition) is 5. The van der Waals surface area contributed by atoms with E-state index in [9.17, 15) is 4.57 Å². The highest BCUT2D eigenvalue weighted by molar-refractivity contribution is 7.53. The van der Waals surface area contributed by atoms with E-state index in [1.54, 1.807) is 21.0 Å². The Morgan fingerprint density at radius 2 is 1.73 bits per heavy atom. The topological polar surface area (TPSA) is 62.6 Å². The summed E-state index contributed by atoms with van der Waals surface area (Å²) in [5, 5.41) is 5.39. The fourth-order valence-electron chi connectivity index (χ4n) is 3.13. The fourth-order valence-corrected chi connectivity index (χ4v) is 5.02. The molecule has 0 radical (unpaired) electrons. The molecule has 0 atom stereocenters. The molecule has 0 aliphatic heterocycles. The van der Waals surface area contributed by atoms with Crippen LogP contribution >= 0.6 is 19.2 Å². The molecule has 0 fully saturated rings. The zero-order valence-corrected chi connectivity index (χ0v) is 19.0. The van der Waals surface area contributed by atoms with Crippen molar-refractivity contribution in [2.24, 2.45) is 0 Å². The van der Waals surface area contributed by atoms with E-state index >= 15 is 0 Å². The highest BCUT2D eigenvalue weighted by Gasteiger charge is 2.27. The molecule has 3 aromatic rings. The Bertz CT molecular complexity index is 1010. The molecule has 0 spiro atoms. The Morgan fingerprint density at radius 1 is 1.03 bits per heavy atom. The number of nitrogens with zero attached hydrogens (tertiary/aromatic N) is 2.